The minimum atomic E-state index is -3.80. The summed E-state index contributed by atoms with van der Waals surface area (Å²) in [5, 5.41) is 8.75. The zero-order chi connectivity index (χ0) is 13.8. The number of aliphatic carboxylic acids is 1. The molecule has 7 nitrogen and oxygen atoms in total. The number of aryl methyl sites for hydroxylation is 1. The van der Waals surface area contributed by atoms with Crippen LogP contribution in [0.5, 0.6) is 0 Å². The molecule has 1 N–H and O–H groups in total. The van der Waals surface area contributed by atoms with Crippen LogP contribution in [0.25, 0.3) is 0 Å². The minimum Gasteiger partial charge on any atom is -0.480 e. The van der Waals surface area contributed by atoms with E-state index in [1.54, 1.807) is 17.8 Å². The highest BCUT2D eigenvalue weighted by molar-refractivity contribution is 7.89. The zero-order valence-electron chi connectivity index (χ0n) is 10.2. The Kier molecular flexibility index (Phi) is 4.88. The van der Waals surface area contributed by atoms with Gasteiger partial charge in [0.1, 0.15) is 6.54 Å². The third-order valence-electron chi connectivity index (χ3n) is 2.30. The van der Waals surface area contributed by atoms with Crippen molar-refractivity contribution in [3.05, 3.63) is 18.5 Å². The van der Waals surface area contributed by atoms with E-state index < -0.39 is 22.5 Å². The highest BCUT2D eigenvalue weighted by atomic mass is 32.2. The molecule has 0 aliphatic heterocycles. The second kappa shape index (κ2) is 5.98. The lowest BCUT2D eigenvalue weighted by Gasteiger charge is -2.19. The molecule has 1 rings (SSSR count). The number of carbonyl (C=O) groups is 1. The molecule has 1 heterocycles. The van der Waals surface area contributed by atoms with Crippen LogP contribution >= 0.6 is 0 Å². The lowest BCUT2D eigenvalue weighted by molar-refractivity contribution is -0.137. The van der Waals surface area contributed by atoms with Crippen molar-refractivity contribution in [3.8, 4) is 0 Å². The number of methoxy groups -OCH3 is 1. The Balaban J connectivity index is 2.98. The van der Waals surface area contributed by atoms with E-state index in [2.05, 4.69) is 0 Å². The van der Waals surface area contributed by atoms with Crippen LogP contribution in [0.4, 0.5) is 0 Å². The monoisotopic (exact) mass is 276 g/mol. The maximum absolute atomic E-state index is 12.2. The Hall–Kier alpha value is -1.38. The molecule has 8 heteroatoms. The van der Waals surface area contributed by atoms with E-state index in [9.17, 15) is 13.2 Å². The van der Waals surface area contributed by atoms with Crippen LogP contribution < -0.4 is 0 Å². The first-order chi connectivity index (χ1) is 8.37. The van der Waals surface area contributed by atoms with E-state index in [1.807, 2.05) is 0 Å². The lowest BCUT2D eigenvalue weighted by atomic mass is 10.6. The number of hydrogen-bond acceptors (Lipinski definition) is 4. The molecule has 0 aliphatic carbocycles. The Morgan fingerprint density at radius 3 is 2.67 bits per heavy atom. The first-order valence-electron chi connectivity index (χ1n) is 5.20. The van der Waals surface area contributed by atoms with Gasteiger partial charge < -0.3 is 14.4 Å². The Morgan fingerprint density at radius 2 is 2.22 bits per heavy atom. The van der Waals surface area contributed by atoms with Crippen LogP contribution in [-0.4, -0.2) is 55.2 Å². The summed E-state index contributed by atoms with van der Waals surface area (Å²) < 4.78 is 31.6. The molecule has 0 aromatic carbocycles. The largest absolute Gasteiger partial charge is 0.480 e. The van der Waals surface area contributed by atoms with E-state index in [0.29, 0.717) is 0 Å². The first-order valence-corrected chi connectivity index (χ1v) is 6.65. The quantitative estimate of drug-likeness (QED) is 0.741. The molecule has 0 spiro atoms. The van der Waals surface area contributed by atoms with Gasteiger partial charge in [-0.2, -0.15) is 4.31 Å². The van der Waals surface area contributed by atoms with Gasteiger partial charge in [0, 0.05) is 33.1 Å². The Labute approximate surface area is 106 Å². The number of carboxylic acid groups (broad SMARTS) is 1. The molecular weight excluding hydrogens is 260 g/mol. The van der Waals surface area contributed by atoms with Crippen molar-refractivity contribution in [2.45, 2.75) is 4.90 Å². The van der Waals surface area contributed by atoms with Crippen LogP contribution in [0.15, 0.2) is 23.4 Å². The summed E-state index contributed by atoms with van der Waals surface area (Å²) in [6, 6.07) is 1.43. The fourth-order valence-corrected chi connectivity index (χ4v) is 2.83. The predicted molar refractivity (Wildman–Crippen MR) is 63.7 cm³/mol. The van der Waals surface area contributed by atoms with E-state index >= 15 is 0 Å². The van der Waals surface area contributed by atoms with Crippen molar-refractivity contribution in [1.82, 2.24) is 8.87 Å². The van der Waals surface area contributed by atoms with Crippen molar-refractivity contribution in [1.29, 1.82) is 0 Å². The van der Waals surface area contributed by atoms with Crippen LogP contribution in [0.2, 0.25) is 0 Å². The van der Waals surface area contributed by atoms with Gasteiger partial charge in [-0.1, -0.05) is 0 Å². The molecule has 0 saturated carbocycles. The molecule has 0 amide bonds. The SMILES string of the molecule is COCCN(CC(=O)O)S(=O)(=O)c1ccn(C)c1. The number of rotatable bonds is 7. The lowest BCUT2D eigenvalue weighted by Crippen LogP contribution is -2.37. The van der Waals surface area contributed by atoms with Crippen LogP contribution in [0, 0.1) is 0 Å². The van der Waals surface area contributed by atoms with Gasteiger partial charge in [-0.3, -0.25) is 4.79 Å². The van der Waals surface area contributed by atoms with Crippen LogP contribution in [0.3, 0.4) is 0 Å². The average Bonchev–Trinajstić information content (AvgIpc) is 2.71. The maximum atomic E-state index is 12.2. The first kappa shape index (κ1) is 14.7. The summed E-state index contributed by atoms with van der Waals surface area (Å²) in [5.74, 6) is -1.20. The van der Waals surface area contributed by atoms with Crippen molar-refractivity contribution < 1.29 is 23.1 Å². The van der Waals surface area contributed by atoms with Gasteiger partial charge in [-0.15, -0.1) is 0 Å². The van der Waals surface area contributed by atoms with E-state index in [-0.39, 0.29) is 18.0 Å². The molecule has 0 aliphatic rings. The molecule has 1 aromatic heterocycles. The van der Waals surface area contributed by atoms with Gasteiger partial charge in [0.15, 0.2) is 0 Å². The number of nitrogens with zero attached hydrogens (tertiary/aromatic N) is 2. The molecule has 0 unspecified atom stereocenters. The molecule has 0 saturated heterocycles. The normalized spacial score (nSPS) is 11.9. The van der Waals surface area contributed by atoms with Crippen molar-refractivity contribution >= 4 is 16.0 Å². The van der Waals surface area contributed by atoms with Crippen molar-refractivity contribution in [2.24, 2.45) is 7.05 Å². The van der Waals surface area contributed by atoms with Gasteiger partial charge in [0.25, 0.3) is 0 Å². The Bertz CT molecular complexity index is 508. The number of hydrogen-bond donors (Lipinski definition) is 1. The summed E-state index contributed by atoms with van der Waals surface area (Å²) in [4.78, 5) is 10.8. The smallest absolute Gasteiger partial charge is 0.318 e. The highest BCUT2D eigenvalue weighted by Crippen LogP contribution is 2.15. The molecule has 0 atom stereocenters. The molecule has 0 fully saturated rings. The van der Waals surface area contributed by atoms with Crippen molar-refractivity contribution in [3.63, 3.8) is 0 Å². The van der Waals surface area contributed by atoms with E-state index in [4.69, 9.17) is 9.84 Å². The van der Waals surface area contributed by atoms with Crippen LogP contribution in [-0.2, 0) is 26.6 Å². The zero-order valence-corrected chi connectivity index (χ0v) is 11.1. The van der Waals surface area contributed by atoms with Gasteiger partial charge >= 0.3 is 5.97 Å². The second-order valence-corrected chi connectivity index (χ2v) is 5.68. The molecule has 1 aromatic rings. The third-order valence-corrected chi connectivity index (χ3v) is 4.13. The summed E-state index contributed by atoms with van der Waals surface area (Å²) in [6.45, 7) is -0.444. The predicted octanol–water partition coefficient (Wildman–Crippen LogP) is -0.253. The van der Waals surface area contributed by atoms with E-state index in [1.165, 1.54) is 19.4 Å². The maximum Gasteiger partial charge on any atom is 0.318 e. The third kappa shape index (κ3) is 3.56. The minimum absolute atomic E-state index is 0.0000274. The molecule has 0 radical (unpaired) electrons. The molecule has 18 heavy (non-hydrogen) atoms. The van der Waals surface area contributed by atoms with Gasteiger partial charge in [0.05, 0.1) is 11.5 Å². The summed E-state index contributed by atoms with van der Waals surface area (Å²) in [5.41, 5.74) is 0. The number of sulfonamides is 1. The Morgan fingerprint density at radius 1 is 1.56 bits per heavy atom. The standard InChI is InChI=1S/C10H16N2O5S/c1-11-4-3-9(7-11)18(15,16)12(5-6-17-2)8-10(13)14/h3-4,7H,5-6,8H2,1-2H3,(H,13,14). The molecule has 102 valence electrons. The molecular formula is C10H16N2O5S. The van der Waals surface area contributed by atoms with Crippen molar-refractivity contribution in [2.75, 3.05) is 26.8 Å². The van der Waals surface area contributed by atoms with Crippen LogP contribution in [0.1, 0.15) is 0 Å². The number of aromatic nitrogens is 1. The average molecular weight is 276 g/mol. The fraction of sp³-hybridized carbons (Fsp3) is 0.500. The highest BCUT2D eigenvalue weighted by Gasteiger charge is 2.26. The van der Waals surface area contributed by atoms with Gasteiger partial charge in [-0.25, -0.2) is 8.42 Å². The van der Waals surface area contributed by atoms with Gasteiger partial charge in [-0.05, 0) is 6.07 Å². The second-order valence-electron chi connectivity index (χ2n) is 3.74. The molecule has 0 bridgehead atoms. The topological polar surface area (TPSA) is 88.8 Å². The van der Waals surface area contributed by atoms with E-state index in [0.717, 1.165) is 4.31 Å². The fourth-order valence-electron chi connectivity index (χ4n) is 1.41. The summed E-state index contributed by atoms with van der Waals surface area (Å²) >= 11 is 0. The summed E-state index contributed by atoms with van der Waals surface area (Å²) in [6.07, 6.45) is 3.01. The summed E-state index contributed by atoms with van der Waals surface area (Å²) in [7, 11) is -0.681. The number of ether oxygens (including phenoxy) is 1. The number of carboxylic acids is 1. The van der Waals surface area contributed by atoms with Gasteiger partial charge in [0.2, 0.25) is 10.0 Å².